The molecule has 0 unspecified atom stereocenters. The van der Waals surface area contributed by atoms with E-state index in [-0.39, 0.29) is 0 Å². The summed E-state index contributed by atoms with van der Waals surface area (Å²) in [5, 5.41) is 9.91. The molecule has 0 fully saturated rings. The number of benzene rings is 8. The average molecular weight is 757 g/mol. The molecule has 6 heteroatoms. The van der Waals surface area contributed by atoms with Gasteiger partial charge in [0.1, 0.15) is 22.3 Å². The number of aromatic nitrogens is 4. The van der Waals surface area contributed by atoms with Gasteiger partial charge in [0.05, 0.1) is 11.2 Å². The van der Waals surface area contributed by atoms with Gasteiger partial charge in [-0.25, -0.2) is 15.0 Å². The molecule has 0 saturated heterocycles. The Balaban J connectivity index is 1.11. The molecule has 8 aromatic carbocycles. The van der Waals surface area contributed by atoms with Crippen molar-refractivity contribution < 1.29 is 8.83 Å². The van der Waals surface area contributed by atoms with Gasteiger partial charge in [0, 0.05) is 65.7 Å². The van der Waals surface area contributed by atoms with E-state index < -0.39 is 0 Å². The number of rotatable bonds is 4. The normalized spacial score (nSPS) is 12.9. The number of fused-ring (bicyclic) bond motifs is 12. The lowest BCUT2D eigenvalue weighted by molar-refractivity contribution is 0.669. The predicted octanol–water partition coefficient (Wildman–Crippen LogP) is 13.9. The van der Waals surface area contributed by atoms with E-state index in [0.717, 1.165) is 89.9 Å². The van der Waals surface area contributed by atoms with E-state index in [9.17, 15) is 0 Å². The standard InChI is InChI=1S/C53H32N4O2/c1-2-14-31(15-3-1)51-54-52(38-22-12-26-46-48(38)37-21-9-11-25-45(37)58-46)56-53(55-51)39-23-13-27-47-49(39)41-30-44(34-18-6-7-20-36(34)50(41)59-47)57-42-24-10-8-19-35(42)40-28-32-16-4-5-17-33(32)29-43(40)57/h1-9,11-23,25-30H,10,24H2. The topological polar surface area (TPSA) is 69.9 Å². The molecular weight excluding hydrogens is 725 g/mol. The molecule has 0 amide bonds. The molecule has 0 bridgehead atoms. The molecule has 6 nitrogen and oxygen atoms in total. The van der Waals surface area contributed by atoms with Crippen molar-refractivity contribution >= 4 is 82.4 Å². The summed E-state index contributed by atoms with van der Waals surface area (Å²) in [4.78, 5) is 15.7. The smallest absolute Gasteiger partial charge is 0.164 e. The maximum absolute atomic E-state index is 6.88. The third-order valence-corrected chi connectivity index (χ3v) is 12.1. The van der Waals surface area contributed by atoms with Crippen molar-refractivity contribution in [3.63, 3.8) is 0 Å². The minimum atomic E-state index is 0.571. The first-order chi connectivity index (χ1) is 29.2. The Labute approximate surface area is 337 Å². The van der Waals surface area contributed by atoms with Crippen LogP contribution in [0.15, 0.2) is 173 Å². The molecule has 4 heterocycles. The number of furan rings is 2. The van der Waals surface area contributed by atoms with Gasteiger partial charge >= 0.3 is 0 Å². The van der Waals surface area contributed by atoms with Crippen LogP contribution in [0.5, 0.6) is 0 Å². The van der Waals surface area contributed by atoms with Crippen LogP contribution in [-0.4, -0.2) is 19.5 Å². The third-order valence-electron chi connectivity index (χ3n) is 12.1. The second-order valence-electron chi connectivity index (χ2n) is 15.4. The molecule has 0 atom stereocenters. The minimum absolute atomic E-state index is 0.571. The van der Waals surface area contributed by atoms with Gasteiger partial charge in [0.25, 0.3) is 0 Å². The van der Waals surface area contributed by atoms with E-state index in [0.29, 0.717) is 17.5 Å². The van der Waals surface area contributed by atoms with Crippen molar-refractivity contribution in [1.29, 1.82) is 0 Å². The Morgan fingerprint density at radius 3 is 1.90 bits per heavy atom. The van der Waals surface area contributed by atoms with E-state index in [1.807, 2.05) is 66.7 Å². The van der Waals surface area contributed by atoms with Gasteiger partial charge in [0.15, 0.2) is 17.5 Å². The van der Waals surface area contributed by atoms with Crippen molar-refractivity contribution in [2.45, 2.75) is 12.8 Å². The Morgan fingerprint density at radius 2 is 1.10 bits per heavy atom. The van der Waals surface area contributed by atoms with Crippen LogP contribution in [0.1, 0.15) is 17.7 Å². The lowest BCUT2D eigenvalue weighted by Crippen LogP contribution is -2.04. The van der Waals surface area contributed by atoms with Crippen LogP contribution in [0.25, 0.3) is 122 Å². The molecule has 0 saturated carbocycles. The summed E-state index contributed by atoms with van der Waals surface area (Å²) in [5.41, 5.74) is 10.9. The quantitative estimate of drug-likeness (QED) is 0.179. The van der Waals surface area contributed by atoms with Crippen molar-refractivity contribution in [3.8, 4) is 39.9 Å². The first kappa shape index (κ1) is 32.3. The van der Waals surface area contributed by atoms with Crippen LogP contribution < -0.4 is 0 Å². The summed E-state index contributed by atoms with van der Waals surface area (Å²) in [5.74, 6) is 1.74. The van der Waals surface area contributed by atoms with Crippen molar-refractivity contribution in [2.24, 2.45) is 0 Å². The monoisotopic (exact) mass is 756 g/mol. The molecule has 0 radical (unpaired) electrons. The molecule has 13 rings (SSSR count). The number of nitrogens with zero attached hydrogens (tertiary/aromatic N) is 4. The highest BCUT2D eigenvalue weighted by molar-refractivity contribution is 6.21. The van der Waals surface area contributed by atoms with Gasteiger partial charge in [-0.05, 0) is 60.0 Å². The van der Waals surface area contributed by atoms with E-state index >= 15 is 0 Å². The summed E-state index contributed by atoms with van der Waals surface area (Å²) >= 11 is 0. The highest BCUT2D eigenvalue weighted by Crippen LogP contribution is 2.45. The Morgan fingerprint density at radius 1 is 0.475 bits per heavy atom. The Kier molecular flexibility index (Phi) is 6.75. The maximum atomic E-state index is 6.88. The summed E-state index contributed by atoms with van der Waals surface area (Å²) in [6.07, 6.45) is 6.57. The minimum Gasteiger partial charge on any atom is -0.456 e. The molecule has 0 spiro atoms. The van der Waals surface area contributed by atoms with Crippen molar-refractivity contribution in [2.75, 3.05) is 0 Å². The largest absolute Gasteiger partial charge is 0.456 e. The SMILES string of the molecule is C1=Cc2c(n(-c3cc4c(oc5cccc(-c6nc(-c7ccccc7)nc(-c7cccc8oc9ccccc9c78)n6)c54)c4ccccc34)c3cc4ccccc4cc23)CC1. The number of allylic oxidation sites excluding steroid dienone is 1. The predicted molar refractivity (Wildman–Crippen MR) is 240 cm³/mol. The number of hydrogen-bond acceptors (Lipinski definition) is 5. The molecule has 1 aliphatic rings. The molecule has 4 aromatic heterocycles. The van der Waals surface area contributed by atoms with Gasteiger partial charge in [-0.3, -0.25) is 0 Å². The highest BCUT2D eigenvalue weighted by atomic mass is 16.3. The van der Waals surface area contributed by atoms with Gasteiger partial charge in [-0.2, -0.15) is 0 Å². The van der Waals surface area contributed by atoms with Gasteiger partial charge in [-0.1, -0.05) is 133 Å². The van der Waals surface area contributed by atoms with Crippen molar-refractivity contribution in [3.05, 3.63) is 175 Å². The molecule has 276 valence electrons. The second kappa shape index (κ2) is 12.3. The van der Waals surface area contributed by atoms with Crippen LogP contribution in [-0.2, 0) is 6.42 Å². The van der Waals surface area contributed by atoms with Gasteiger partial charge in [0.2, 0.25) is 0 Å². The molecule has 59 heavy (non-hydrogen) atoms. The molecule has 1 aliphatic carbocycles. The first-order valence-corrected chi connectivity index (χ1v) is 20.1. The third kappa shape index (κ3) is 4.77. The number of para-hydroxylation sites is 1. The summed E-state index contributed by atoms with van der Waals surface area (Å²) in [6, 6.07) is 54.9. The summed E-state index contributed by atoms with van der Waals surface area (Å²) in [6.45, 7) is 0. The lowest BCUT2D eigenvalue weighted by atomic mass is 9.99. The molecular formula is C53H32N4O2. The fourth-order valence-electron chi connectivity index (χ4n) is 9.47. The zero-order chi connectivity index (χ0) is 38.6. The Bertz CT molecular complexity index is 3740. The van der Waals surface area contributed by atoms with Crippen LogP contribution in [0, 0.1) is 0 Å². The molecule has 0 N–H and O–H groups in total. The van der Waals surface area contributed by atoms with Crippen LogP contribution >= 0.6 is 0 Å². The van der Waals surface area contributed by atoms with Crippen LogP contribution in [0.4, 0.5) is 0 Å². The highest BCUT2D eigenvalue weighted by Gasteiger charge is 2.25. The van der Waals surface area contributed by atoms with Crippen molar-refractivity contribution in [1.82, 2.24) is 19.5 Å². The fraction of sp³-hybridized carbons (Fsp3) is 0.0377. The van der Waals surface area contributed by atoms with Gasteiger partial charge in [-0.15, -0.1) is 0 Å². The van der Waals surface area contributed by atoms with E-state index in [1.165, 1.54) is 32.9 Å². The molecule has 0 aliphatic heterocycles. The van der Waals surface area contributed by atoms with E-state index in [2.05, 4.69) is 108 Å². The zero-order valence-corrected chi connectivity index (χ0v) is 31.7. The summed E-state index contributed by atoms with van der Waals surface area (Å²) in [7, 11) is 0. The zero-order valence-electron chi connectivity index (χ0n) is 31.7. The van der Waals surface area contributed by atoms with E-state index in [4.69, 9.17) is 23.8 Å². The fourth-order valence-corrected chi connectivity index (χ4v) is 9.47. The first-order valence-electron chi connectivity index (χ1n) is 20.1. The van der Waals surface area contributed by atoms with Crippen LogP contribution in [0.3, 0.4) is 0 Å². The maximum Gasteiger partial charge on any atom is 0.164 e. The van der Waals surface area contributed by atoms with E-state index in [1.54, 1.807) is 0 Å². The number of hydrogen-bond donors (Lipinski definition) is 0. The van der Waals surface area contributed by atoms with Gasteiger partial charge < -0.3 is 13.4 Å². The summed E-state index contributed by atoms with van der Waals surface area (Å²) < 4.78 is 15.7. The Hall–Kier alpha value is -7.83. The van der Waals surface area contributed by atoms with Crippen LogP contribution in [0.2, 0.25) is 0 Å². The lowest BCUT2D eigenvalue weighted by Gasteiger charge is -2.16. The molecule has 12 aromatic rings. The second-order valence-corrected chi connectivity index (χ2v) is 15.4. The average Bonchev–Trinajstić information content (AvgIpc) is 3.98.